The Morgan fingerprint density at radius 2 is 2.19 bits per heavy atom. The Labute approximate surface area is 124 Å². The lowest BCUT2D eigenvalue weighted by molar-refractivity contribution is -0.143. The van der Waals surface area contributed by atoms with Gasteiger partial charge in [-0.25, -0.2) is 4.98 Å². The van der Waals surface area contributed by atoms with Crippen LogP contribution in [0.5, 0.6) is 0 Å². The highest BCUT2D eigenvalue weighted by molar-refractivity contribution is 5.78. The molecule has 0 aliphatic carbocycles. The molecule has 7 nitrogen and oxygen atoms in total. The van der Waals surface area contributed by atoms with E-state index in [-0.39, 0.29) is 12.5 Å². The molecule has 1 aliphatic rings. The maximum Gasteiger partial charge on any atom is 0.248 e. The molecule has 21 heavy (non-hydrogen) atoms. The van der Waals surface area contributed by atoms with Crippen LogP contribution in [0.2, 0.25) is 0 Å². The molecular formula is C14H21N3O4. The van der Waals surface area contributed by atoms with Gasteiger partial charge in [-0.05, 0) is 11.6 Å². The number of methoxy groups -OCH3 is 2. The Morgan fingerprint density at radius 3 is 2.81 bits per heavy atom. The number of rotatable bonds is 6. The quantitative estimate of drug-likeness (QED) is 0.782. The molecular weight excluding hydrogens is 274 g/mol. The fourth-order valence-corrected chi connectivity index (χ4v) is 2.22. The largest absolute Gasteiger partial charge is 0.373 e. The molecule has 1 aromatic heterocycles. The predicted octanol–water partition coefficient (Wildman–Crippen LogP) is 0.773. The van der Waals surface area contributed by atoms with Gasteiger partial charge >= 0.3 is 0 Å². The van der Waals surface area contributed by atoms with Gasteiger partial charge in [0.05, 0.1) is 6.61 Å². The highest BCUT2D eigenvalue weighted by atomic mass is 16.7. The van der Waals surface area contributed by atoms with E-state index < -0.39 is 6.29 Å². The third kappa shape index (κ3) is 3.69. The van der Waals surface area contributed by atoms with Crippen LogP contribution in [0.25, 0.3) is 0 Å². The number of morpholine rings is 1. The number of nitrogens with zero attached hydrogens (tertiary/aromatic N) is 2. The first kappa shape index (κ1) is 15.7. The summed E-state index contributed by atoms with van der Waals surface area (Å²) >= 11 is 0. The number of amides is 1. The van der Waals surface area contributed by atoms with E-state index in [0.29, 0.717) is 25.4 Å². The number of hydrogen-bond donors (Lipinski definition) is 1. The summed E-state index contributed by atoms with van der Waals surface area (Å²) in [4.78, 5) is 18.1. The van der Waals surface area contributed by atoms with Crippen LogP contribution in [0.3, 0.4) is 0 Å². The standard InChI is InChI=1S/C14H21N3O4/c1-15-11-5-4-10(13(16-11)14(19-2)20-3)8-17-6-7-21-9-12(17)18/h4-5,14H,6-9H2,1-3H3,(H,15,16). The lowest BCUT2D eigenvalue weighted by Crippen LogP contribution is -2.41. The SMILES string of the molecule is CNc1ccc(CN2CCOCC2=O)c(C(OC)OC)n1. The number of nitrogens with one attached hydrogen (secondary N) is 1. The first-order valence-electron chi connectivity index (χ1n) is 6.78. The average Bonchev–Trinajstić information content (AvgIpc) is 2.52. The number of carbonyl (C=O) groups excluding carboxylic acids is 1. The normalized spacial score (nSPS) is 15.6. The van der Waals surface area contributed by atoms with Gasteiger partial charge < -0.3 is 24.4 Å². The number of hydrogen-bond acceptors (Lipinski definition) is 6. The highest BCUT2D eigenvalue weighted by Gasteiger charge is 2.23. The van der Waals surface area contributed by atoms with E-state index in [1.54, 1.807) is 26.2 Å². The summed E-state index contributed by atoms with van der Waals surface area (Å²) in [6.07, 6.45) is -0.565. The minimum Gasteiger partial charge on any atom is -0.373 e. The molecule has 0 bridgehead atoms. The van der Waals surface area contributed by atoms with Crippen LogP contribution >= 0.6 is 0 Å². The topological polar surface area (TPSA) is 72.9 Å². The first-order valence-corrected chi connectivity index (χ1v) is 6.78. The molecule has 0 radical (unpaired) electrons. The third-order valence-electron chi connectivity index (χ3n) is 3.36. The number of pyridine rings is 1. The zero-order chi connectivity index (χ0) is 15.2. The molecule has 1 aromatic rings. The Kier molecular flexibility index (Phi) is 5.49. The fraction of sp³-hybridized carbons (Fsp3) is 0.571. The summed E-state index contributed by atoms with van der Waals surface area (Å²) < 4.78 is 15.7. The van der Waals surface area contributed by atoms with Crippen LogP contribution in [-0.4, -0.2) is 56.8 Å². The van der Waals surface area contributed by atoms with E-state index in [9.17, 15) is 4.79 Å². The molecule has 1 aliphatic heterocycles. The van der Waals surface area contributed by atoms with Crippen molar-refractivity contribution in [3.63, 3.8) is 0 Å². The summed E-state index contributed by atoms with van der Waals surface area (Å²) in [5, 5.41) is 2.99. The molecule has 0 saturated carbocycles. The van der Waals surface area contributed by atoms with Crippen molar-refractivity contribution >= 4 is 11.7 Å². The number of anilines is 1. The summed E-state index contributed by atoms with van der Waals surface area (Å²) in [6, 6.07) is 3.80. The van der Waals surface area contributed by atoms with Gasteiger partial charge in [0.25, 0.3) is 0 Å². The van der Waals surface area contributed by atoms with Crippen LogP contribution in [0.1, 0.15) is 17.5 Å². The van der Waals surface area contributed by atoms with Crippen molar-refractivity contribution in [1.82, 2.24) is 9.88 Å². The zero-order valence-electron chi connectivity index (χ0n) is 12.6. The summed E-state index contributed by atoms with van der Waals surface area (Å²) in [5.41, 5.74) is 1.57. The van der Waals surface area contributed by atoms with Crippen molar-refractivity contribution in [3.8, 4) is 0 Å². The van der Waals surface area contributed by atoms with Gasteiger partial charge in [-0.2, -0.15) is 0 Å². The van der Waals surface area contributed by atoms with E-state index >= 15 is 0 Å². The molecule has 1 fully saturated rings. The van der Waals surface area contributed by atoms with Gasteiger partial charge in [0.2, 0.25) is 12.2 Å². The van der Waals surface area contributed by atoms with E-state index in [0.717, 1.165) is 11.4 Å². The maximum atomic E-state index is 11.8. The monoisotopic (exact) mass is 295 g/mol. The van der Waals surface area contributed by atoms with Gasteiger partial charge in [0.1, 0.15) is 18.1 Å². The predicted molar refractivity (Wildman–Crippen MR) is 76.8 cm³/mol. The summed E-state index contributed by atoms with van der Waals surface area (Å²) in [5.74, 6) is 0.706. The second-order valence-corrected chi connectivity index (χ2v) is 4.66. The van der Waals surface area contributed by atoms with Crippen molar-refractivity contribution in [3.05, 3.63) is 23.4 Å². The number of aromatic nitrogens is 1. The molecule has 1 amide bonds. The molecule has 0 spiro atoms. The lowest BCUT2D eigenvalue weighted by Gasteiger charge is -2.28. The highest BCUT2D eigenvalue weighted by Crippen LogP contribution is 2.23. The molecule has 0 atom stereocenters. The van der Waals surface area contributed by atoms with E-state index in [1.165, 1.54) is 0 Å². The molecule has 2 rings (SSSR count). The summed E-state index contributed by atoms with van der Waals surface area (Å²) in [7, 11) is 4.92. The lowest BCUT2D eigenvalue weighted by atomic mass is 10.1. The zero-order valence-corrected chi connectivity index (χ0v) is 12.6. The molecule has 116 valence electrons. The Morgan fingerprint density at radius 1 is 1.43 bits per heavy atom. The number of ether oxygens (including phenoxy) is 3. The minimum atomic E-state index is -0.565. The second-order valence-electron chi connectivity index (χ2n) is 4.66. The van der Waals surface area contributed by atoms with Crippen LogP contribution in [0.15, 0.2) is 12.1 Å². The molecule has 1 saturated heterocycles. The number of carbonyl (C=O) groups is 1. The van der Waals surface area contributed by atoms with Crippen LogP contribution < -0.4 is 5.32 Å². The van der Waals surface area contributed by atoms with Crippen LogP contribution in [0.4, 0.5) is 5.82 Å². The second kappa shape index (κ2) is 7.35. The Hall–Kier alpha value is -1.70. The van der Waals surface area contributed by atoms with Gasteiger partial charge in [-0.3, -0.25) is 4.79 Å². The van der Waals surface area contributed by atoms with Crippen molar-refractivity contribution in [2.45, 2.75) is 12.8 Å². The van der Waals surface area contributed by atoms with Gasteiger partial charge in [-0.15, -0.1) is 0 Å². The van der Waals surface area contributed by atoms with E-state index in [2.05, 4.69) is 10.3 Å². The molecule has 0 unspecified atom stereocenters. The average molecular weight is 295 g/mol. The van der Waals surface area contributed by atoms with E-state index in [1.807, 2.05) is 12.1 Å². The Bertz CT molecular complexity index is 491. The molecule has 0 aromatic carbocycles. The van der Waals surface area contributed by atoms with Gasteiger partial charge in [0.15, 0.2) is 0 Å². The van der Waals surface area contributed by atoms with Crippen molar-refractivity contribution in [2.24, 2.45) is 0 Å². The first-order chi connectivity index (χ1) is 10.2. The molecule has 1 N–H and O–H groups in total. The van der Waals surface area contributed by atoms with E-state index in [4.69, 9.17) is 14.2 Å². The van der Waals surface area contributed by atoms with Gasteiger partial charge in [0, 0.05) is 34.4 Å². The fourth-order valence-electron chi connectivity index (χ4n) is 2.22. The molecule has 2 heterocycles. The maximum absolute atomic E-state index is 11.8. The van der Waals surface area contributed by atoms with Gasteiger partial charge in [-0.1, -0.05) is 6.07 Å². The smallest absolute Gasteiger partial charge is 0.248 e. The summed E-state index contributed by atoms with van der Waals surface area (Å²) in [6.45, 7) is 1.74. The molecule has 7 heteroatoms. The van der Waals surface area contributed by atoms with Crippen molar-refractivity contribution in [2.75, 3.05) is 46.3 Å². The van der Waals surface area contributed by atoms with Crippen LogP contribution in [0, 0.1) is 0 Å². The van der Waals surface area contributed by atoms with Crippen molar-refractivity contribution < 1.29 is 19.0 Å². The minimum absolute atomic E-state index is 0.0173. The van der Waals surface area contributed by atoms with Crippen LogP contribution in [-0.2, 0) is 25.5 Å². The van der Waals surface area contributed by atoms with Crippen molar-refractivity contribution in [1.29, 1.82) is 0 Å². The third-order valence-corrected chi connectivity index (χ3v) is 3.36. The Balaban J connectivity index is 2.26.